The number of methoxy groups -OCH3 is 2. The number of carbonyl (C=O) groups excluding carboxylic acids is 1. The van der Waals surface area contributed by atoms with E-state index in [4.69, 9.17) is 9.47 Å². The molecule has 0 saturated heterocycles. The number of hydrogen-bond acceptors (Lipinski definition) is 4. The zero-order chi connectivity index (χ0) is 21.1. The van der Waals surface area contributed by atoms with Crippen molar-refractivity contribution in [1.82, 2.24) is 0 Å². The number of fused-ring (bicyclic) bond motifs is 1. The van der Waals surface area contributed by atoms with E-state index in [2.05, 4.69) is 11.4 Å². The van der Waals surface area contributed by atoms with Crippen molar-refractivity contribution < 1.29 is 14.3 Å². The molecule has 3 aromatic rings. The fourth-order valence-corrected chi connectivity index (χ4v) is 4.20. The number of hydrogen-bond donors (Lipinski definition) is 1. The van der Waals surface area contributed by atoms with Crippen LogP contribution < -0.4 is 14.8 Å². The van der Waals surface area contributed by atoms with Crippen LogP contribution in [-0.2, 0) is 23.1 Å². The number of amides is 1. The van der Waals surface area contributed by atoms with Gasteiger partial charge in [0, 0.05) is 11.3 Å². The fraction of sp³-hybridized carbons (Fsp3) is 0.200. The standard InChI is InChI=1S/C25H22N2O3/c1-29-20-10-6-17(7-11-20)14-25(15-18-8-12-21(30-2)13-9-18)23-19(16-26)4-3-5-22(23)27-24(25)28/h3-13H,14-15H2,1-2H3,(H,27,28). The third kappa shape index (κ3) is 3.37. The van der Waals surface area contributed by atoms with Gasteiger partial charge in [0.15, 0.2) is 0 Å². The molecule has 1 aliphatic heterocycles. The lowest BCUT2D eigenvalue weighted by Gasteiger charge is -2.29. The normalized spacial score (nSPS) is 13.8. The maximum atomic E-state index is 13.4. The largest absolute Gasteiger partial charge is 0.497 e. The van der Waals surface area contributed by atoms with E-state index < -0.39 is 5.41 Å². The minimum Gasteiger partial charge on any atom is -0.497 e. The van der Waals surface area contributed by atoms with Crippen LogP contribution in [0.25, 0.3) is 0 Å². The number of nitriles is 1. The van der Waals surface area contributed by atoms with Gasteiger partial charge >= 0.3 is 0 Å². The van der Waals surface area contributed by atoms with Crippen LogP contribution in [0.1, 0.15) is 22.3 Å². The summed E-state index contributed by atoms with van der Waals surface area (Å²) in [6.45, 7) is 0. The molecule has 30 heavy (non-hydrogen) atoms. The molecule has 150 valence electrons. The molecule has 3 aromatic carbocycles. The molecule has 0 atom stereocenters. The number of carbonyl (C=O) groups is 1. The molecule has 0 aliphatic carbocycles. The molecule has 1 aliphatic rings. The van der Waals surface area contributed by atoms with Crippen LogP contribution in [0.15, 0.2) is 66.7 Å². The second kappa shape index (κ2) is 7.92. The van der Waals surface area contributed by atoms with Gasteiger partial charge in [0.2, 0.25) is 5.91 Å². The van der Waals surface area contributed by atoms with Gasteiger partial charge in [0.25, 0.3) is 0 Å². The van der Waals surface area contributed by atoms with Gasteiger partial charge < -0.3 is 14.8 Å². The maximum absolute atomic E-state index is 13.4. The summed E-state index contributed by atoms with van der Waals surface area (Å²) >= 11 is 0. The molecule has 1 heterocycles. The number of nitrogens with one attached hydrogen (secondary N) is 1. The van der Waals surface area contributed by atoms with Crippen LogP contribution >= 0.6 is 0 Å². The molecule has 0 aromatic heterocycles. The second-order valence-corrected chi connectivity index (χ2v) is 7.43. The molecule has 5 heteroatoms. The van der Waals surface area contributed by atoms with Crippen molar-refractivity contribution in [3.05, 3.63) is 89.0 Å². The molecule has 4 rings (SSSR count). The molecule has 1 amide bonds. The molecular formula is C25H22N2O3. The summed E-state index contributed by atoms with van der Waals surface area (Å²) in [4.78, 5) is 13.4. The lowest BCUT2D eigenvalue weighted by Crippen LogP contribution is -2.39. The van der Waals surface area contributed by atoms with Gasteiger partial charge in [0.1, 0.15) is 11.5 Å². The van der Waals surface area contributed by atoms with Gasteiger partial charge in [-0.2, -0.15) is 5.26 Å². The summed E-state index contributed by atoms with van der Waals surface area (Å²) in [5, 5.41) is 12.8. The van der Waals surface area contributed by atoms with Gasteiger partial charge in [0.05, 0.1) is 31.3 Å². The zero-order valence-electron chi connectivity index (χ0n) is 16.9. The van der Waals surface area contributed by atoms with Crippen LogP contribution in [0.5, 0.6) is 11.5 Å². The lowest BCUT2D eigenvalue weighted by atomic mass is 9.71. The highest BCUT2D eigenvalue weighted by molar-refractivity contribution is 6.07. The monoisotopic (exact) mass is 398 g/mol. The minimum atomic E-state index is -0.884. The molecular weight excluding hydrogens is 376 g/mol. The molecule has 0 saturated carbocycles. The first kappa shape index (κ1) is 19.5. The summed E-state index contributed by atoms with van der Waals surface area (Å²) < 4.78 is 10.5. The smallest absolute Gasteiger partial charge is 0.235 e. The Morgan fingerprint density at radius 2 is 1.40 bits per heavy atom. The first-order chi connectivity index (χ1) is 14.6. The number of rotatable bonds is 6. The highest BCUT2D eigenvalue weighted by Gasteiger charge is 2.48. The Hall–Kier alpha value is -3.78. The van der Waals surface area contributed by atoms with Crippen LogP contribution in [-0.4, -0.2) is 20.1 Å². The van der Waals surface area contributed by atoms with Crippen molar-refractivity contribution in [2.24, 2.45) is 0 Å². The van der Waals surface area contributed by atoms with Crippen molar-refractivity contribution >= 4 is 11.6 Å². The van der Waals surface area contributed by atoms with E-state index in [0.29, 0.717) is 24.1 Å². The van der Waals surface area contributed by atoms with Crippen molar-refractivity contribution in [2.75, 3.05) is 19.5 Å². The predicted molar refractivity (Wildman–Crippen MR) is 115 cm³/mol. The Morgan fingerprint density at radius 1 is 0.867 bits per heavy atom. The maximum Gasteiger partial charge on any atom is 0.235 e. The SMILES string of the molecule is COc1ccc(CC2(Cc3ccc(OC)cc3)C(=O)Nc3cccc(C#N)c32)cc1. The summed E-state index contributed by atoms with van der Waals surface area (Å²) in [5.41, 5.74) is 3.11. The Labute approximate surface area is 175 Å². The Balaban J connectivity index is 1.83. The van der Waals surface area contributed by atoms with E-state index in [-0.39, 0.29) is 5.91 Å². The Morgan fingerprint density at radius 3 is 1.87 bits per heavy atom. The molecule has 5 nitrogen and oxygen atoms in total. The van der Waals surface area contributed by atoms with Crippen molar-refractivity contribution in [3.8, 4) is 17.6 Å². The van der Waals surface area contributed by atoms with Crippen molar-refractivity contribution in [2.45, 2.75) is 18.3 Å². The predicted octanol–water partition coefficient (Wildman–Crippen LogP) is 4.25. The van der Waals surface area contributed by atoms with Crippen molar-refractivity contribution in [3.63, 3.8) is 0 Å². The molecule has 0 radical (unpaired) electrons. The summed E-state index contributed by atoms with van der Waals surface area (Å²) in [6.07, 6.45) is 0.946. The van der Waals surface area contributed by atoms with E-state index in [0.717, 1.165) is 28.2 Å². The molecule has 0 bridgehead atoms. The van der Waals surface area contributed by atoms with E-state index in [1.807, 2.05) is 54.6 Å². The van der Waals surface area contributed by atoms with Gasteiger partial charge in [-0.05, 0) is 60.4 Å². The molecule has 1 N–H and O–H groups in total. The van der Waals surface area contributed by atoms with Crippen LogP contribution in [0, 0.1) is 11.3 Å². The molecule has 0 spiro atoms. The number of anilines is 1. The third-order valence-electron chi connectivity index (χ3n) is 5.68. The molecule has 0 unspecified atom stereocenters. The van der Waals surface area contributed by atoms with Gasteiger partial charge in [-0.1, -0.05) is 30.3 Å². The van der Waals surface area contributed by atoms with E-state index in [9.17, 15) is 10.1 Å². The van der Waals surface area contributed by atoms with Gasteiger partial charge in [-0.15, -0.1) is 0 Å². The second-order valence-electron chi connectivity index (χ2n) is 7.43. The van der Waals surface area contributed by atoms with Crippen LogP contribution in [0.4, 0.5) is 5.69 Å². The van der Waals surface area contributed by atoms with E-state index in [1.165, 1.54) is 0 Å². The summed E-state index contributed by atoms with van der Waals surface area (Å²) in [6, 6.07) is 23.1. The van der Waals surface area contributed by atoms with Gasteiger partial charge in [-0.3, -0.25) is 4.79 Å². The molecule has 0 fully saturated rings. The number of benzene rings is 3. The minimum absolute atomic E-state index is 0.0909. The zero-order valence-corrected chi connectivity index (χ0v) is 16.9. The highest BCUT2D eigenvalue weighted by atomic mass is 16.5. The highest BCUT2D eigenvalue weighted by Crippen LogP contribution is 2.44. The Bertz CT molecular complexity index is 1060. The number of nitrogens with zero attached hydrogens (tertiary/aromatic N) is 1. The lowest BCUT2D eigenvalue weighted by molar-refractivity contribution is -0.120. The topological polar surface area (TPSA) is 71.3 Å². The van der Waals surface area contributed by atoms with E-state index in [1.54, 1.807) is 26.4 Å². The first-order valence-electron chi connectivity index (χ1n) is 9.70. The van der Waals surface area contributed by atoms with E-state index >= 15 is 0 Å². The average molecular weight is 398 g/mol. The summed E-state index contributed by atoms with van der Waals surface area (Å²) in [5.74, 6) is 1.43. The average Bonchev–Trinajstić information content (AvgIpc) is 3.06. The van der Waals surface area contributed by atoms with Gasteiger partial charge in [-0.25, -0.2) is 0 Å². The van der Waals surface area contributed by atoms with Crippen LogP contribution in [0.2, 0.25) is 0 Å². The summed E-state index contributed by atoms with van der Waals surface area (Å²) in [7, 11) is 3.25. The van der Waals surface area contributed by atoms with Crippen LogP contribution in [0.3, 0.4) is 0 Å². The van der Waals surface area contributed by atoms with Crippen molar-refractivity contribution in [1.29, 1.82) is 5.26 Å². The third-order valence-corrected chi connectivity index (χ3v) is 5.68. The first-order valence-corrected chi connectivity index (χ1v) is 9.70. The number of ether oxygens (including phenoxy) is 2. The Kier molecular flexibility index (Phi) is 5.16. The fourth-order valence-electron chi connectivity index (χ4n) is 4.20. The quantitative estimate of drug-likeness (QED) is 0.674.